The molecule has 0 bridgehead atoms. The number of imidazole rings is 1. The fourth-order valence-electron chi connectivity index (χ4n) is 1.30. The first-order valence-electron chi connectivity index (χ1n) is 4.07. The molecule has 0 spiro atoms. The number of aryl methyl sites for hydroxylation is 1. The summed E-state index contributed by atoms with van der Waals surface area (Å²) in [6.45, 7) is 0. The van der Waals surface area contributed by atoms with E-state index in [1.54, 1.807) is 17.1 Å². The molecule has 2 heterocycles. The van der Waals surface area contributed by atoms with E-state index in [0.29, 0.717) is 11.1 Å². The van der Waals surface area contributed by atoms with Gasteiger partial charge in [0.2, 0.25) is 0 Å². The molecule has 0 N–H and O–H groups in total. The molecule has 0 aliphatic heterocycles. The zero-order chi connectivity index (χ0) is 10.1. The number of fused-ring (bicyclic) bond motifs is 1. The third-order valence-electron chi connectivity index (χ3n) is 2.04. The van der Waals surface area contributed by atoms with Crippen LogP contribution in [0.5, 0.6) is 0 Å². The van der Waals surface area contributed by atoms with Gasteiger partial charge in [0.05, 0.1) is 25.2 Å². The Morgan fingerprint density at radius 1 is 1.50 bits per heavy atom. The number of ether oxygens (including phenoxy) is 1. The second-order valence-electron chi connectivity index (χ2n) is 2.90. The quantitative estimate of drug-likeness (QED) is 0.624. The van der Waals surface area contributed by atoms with Crippen molar-refractivity contribution < 1.29 is 9.53 Å². The third-order valence-corrected chi connectivity index (χ3v) is 2.04. The van der Waals surface area contributed by atoms with Gasteiger partial charge in [0.25, 0.3) is 0 Å². The maximum absolute atomic E-state index is 11.3. The topological polar surface area (TPSA) is 57.0 Å². The predicted molar refractivity (Wildman–Crippen MR) is 49.8 cm³/mol. The Morgan fingerprint density at radius 3 is 3.00 bits per heavy atom. The Morgan fingerprint density at radius 2 is 2.29 bits per heavy atom. The molecule has 0 atom stereocenters. The maximum atomic E-state index is 11.3. The molecule has 0 radical (unpaired) electrons. The normalized spacial score (nSPS) is 10.4. The zero-order valence-electron chi connectivity index (χ0n) is 7.89. The van der Waals surface area contributed by atoms with E-state index >= 15 is 0 Å². The fraction of sp³-hybridized carbons (Fsp3) is 0.222. The van der Waals surface area contributed by atoms with E-state index in [1.165, 1.54) is 13.3 Å². The predicted octanol–water partition coefficient (Wildman–Crippen LogP) is 0.755. The molecule has 0 aliphatic rings. The summed E-state index contributed by atoms with van der Waals surface area (Å²) in [6, 6.07) is 0. The van der Waals surface area contributed by atoms with Crippen LogP contribution in [0.1, 0.15) is 10.4 Å². The third kappa shape index (κ3) is 1.14. The lowest BCUT2D eigenvalue weighted by Crippen LogP contribution is -2.02. The SMILES string of the molecule is COC(=O)c1cncc2c1ncn2C. The number of esters is 1. The summed E-state index contributed by atoms with van der Waals surface area (Å²) < 4.78 is 6.43. The van der Waals surface area contributed by atoms with E-state index in [2.05, 4.69) is 14.7 Å². The van der Waals surface area contributed by atoms with Gasteiger partial charge in [0, 0.05) is 13.2 Å². The summed E-state index contributed by atoms with van der Waals surface area (Å²) in [6.07, 6.45) is 4.76. The minimum atomic E-state index is -0.415. The Hall–Kier alpha value is -1.91. The van der Waals surface area contributed by atoms with E-state index in [4.69, 9.17) is 0 Å². The van der Waals surface area contributed by atoms with Gasteiger partial charge in [-0.25, -0.2) is 9.78 Å². The number of hydrogen-bond acceptors (Lipinski definition) is 4. The molecule has 0 saturated carbocycles. The van der Waals surface area contributed by atoms with E-state index in [0.717, 1.165) is 5.52 Å². The van der Waals surface area contributed by atoms with Crippen LogP contribution in [-0.4, -0.2) is 27.6 Å². The lowest BCUT2D eigenvalue weighted by Gasteiger charge is -1.99. The highest BCUT2D eigenvalue weighted by atomic mass is 16.5. The van der Waals surface area contributed by atoms with Crippen molar-refractivity contribution in [1.29, 1.82) is 0 Å². The monoisotopic (exact) mass is 191 g/mol. The van der Waals surface area contributed by atoms with Gasteiger partial charge in [0.1, 0.15) is 11.1 Å². The summed E-state index contributed by atoms with van der Waals surface area (Å²) in [4.78, 5) is 19.4. The van der Waals surface area contributed by atoms with Crippen molar-refractivity contribution in [2.75, 3.05) is 7.11 Å². The van der Waals surface area contributed by atoms with Gasteiger partial charge in [-0.15, -0.1) is 0 Å². The van der Waals surface area contributed by atoms with Crippen molar-refractivity contribution >= 4 is 17.0 Å². The average Bonchev–Trinajstić information content (AvgIpc) is 2.59. The Kier molecular flexibility index (Phi) is 1.92. The standard InChI is InChI=1S/C9H9N3O2/c1-12-5-11-8-6(9(13)14-2)3-10-4-7(8)12/h3-5H,1-2H3. The van der Waals surface area contributed by atoms with Crippen LogP contribution in [0.4, 0.5) is 0 Å². The van der Waals surface area contributed by atoms with Crippen molar-refractivity contribution in [3.63, 3.8) is 0 Å². The van der Waals surface area contributed by atoms with Gasteiger partial charge in [-0.1, -0.05) is 0 Å². The molecule has 0 fully saturated rings. The van der Waals surface area contributed by atoms with Crippen molar-refractivity contribution in [2.24, 2.45) is 7.05 Å². The van der Waals surface area contributed by atoms with Gasteiger partial charge in [0.15, 0.2) is 0 Å². The number of nitrogens with zero attached hydrogens (tertiary/aromatic N) is 3. The number of carbonyl (C=O) groups excluding carboxylic acids is 1. The van der Waals surface area contributed by atoms with Crippen molar-refractivity contribution in [3.05, 3.63) is 24.3 Å². The van der Waals surface area contributed by atoms with Crippen molar-refractivity contribution in [3.8, 4) is 0 Å². The summed E-state index contributed by atoms with van der Waals surface area (Å²) in [5, 5.41) is 0. The number of hydrogen-bond donors (Lipinski definition) is 0. The molecule has 72 valence electrons. The molecule has 0 unspecified atom stereocenters. The van der Waals surface area contributed by atoms with E-state index in [-0.39, 0.29) is 0 Å². The highest BCUT2D eigenvalue weighted by Crippen LogP contribution is 2.15. The molecule has 5 heteroatoms. The van der Waals surface area contributed by atoms with Gasteiger partial charge in [-0.05, 0) is 0 Å². The van der Waals surface area contributed by atoms with Crippen LogP contribution in [0.15, 0.2) is 18.7 Å². The van der Waals surface area contributed by atoms with Crippen LogP contribution in [-0.2, 0) is 11.8 Å². The maximum Gasteiger partial charge on any atom is 0.341 e. The van der Waals surface area contributed by atoms with Gasteiger partial charge >= 0.3 is 5.97 Å². The van der Waals surface area contributed by atoms with Crippen molar-refractivity contribution in [1.82, 2.24) is 14.5 Å². The Balaban J connectivity index is 2.71. The van der Waals surface area contributed by atoms with Crippen LogP contribution in [0, 0.1) is 0 Å². The number of rotatable bonds is 1. The molecule has 2 aromatic rings. The molecule has 0 amide bonds. The van der Waals surface area contributed by atoms with E-state index in [1.807, 2.05) is 7.05 Å². The molecule has 5 nitrogen and oxygen atoms in total. The first-order chi connectivity index (χ1) is 6.74. The summed E-state index contributed by atoms with van der Waals surface area (Å²) in [5.74, 6) is -0.415. The fourth-order valence-corrected chi connectivity index (χ4v) is 1.30. The molecular weight excluding hydrogens is 182 g/mol. The molecule has 0 aromatic carbocycles. The minimum Gasteiger partial charge on any atom is -0.465 e. The van der Waals surface area contributed by atoms with Crippen LogP contribution in [0.3, 0.4) is 0 Å². The molecule has 2 rings (SSSR count). The largest absolute Gasteiger partial charge is 0.465 e. The van der Waals surface area contributed by atoms with E-state index in [9.17, 15) is 4.79 Å². The Labute approximate surface area is 80.3 Å². The first-order valence-corrected chi connectivity index (χ1v) is 4.07. The number of carbonyl (C=O) groups is 1. The van der Waals surface area contributed by atoms with Gasteiger partial charge in [-0.3, -0.25) is 4.98 Å². The first kappa shape index (κ1) is 8.68. The highest BCUT2D eigenvalue weighted by molar-refractivity contribution is 6.01. The Bertz CT molecular complexity index is 490. The van der Waals surface area contributed by atoms with Gasteiger partial charge < -0.3 is 9.30 Å². The minimum absolute atomic E-state index is 0.394. The second-order valence-corrected chi connectivity index (χ2v) is 2.90. The van der Waals surface area contributed by atoms with Crippen LogP contribution >= 0.6 is 0 Å². The number of pyridine rings is 1. The number of methoxy groups -OCH3 is 1. The molecule has 0 saturated heterocycles. The second kappa shape index (κ2) is 3.10. The summed E-state index contributed by atoms with van der Waals surface area (Å²) in [5.41, 5.74) is 1.83. The lowest BCUT2D eigenvalue weighted by molar-refractivity contribution is 0.0602. The zero-order valence-corrected chi connectivity index (χ0v) is 7.89. The molecule has 2 aromatic heterocycles. The van der Waals surface area contributed by atoms with E-state index < -0.39 is 5.97 Å². The smallest absolute Gasteiger partial charge is 0.341 e. The van der Waals surface area contributed by atoms with Crippen LogP contribution < -0.4 is 0 Å². The molecule has 0 aliphatic carbocycles. The molecule has 14 heavy (non-hydrogen) atoms. The van der Waals surface area contributed by atoms with Crippen LogP contribution in [0.2, 0.25) is 0 Å². The number of aromatic nitrogens is 3. The summed E-state index contributed by atoms with van der Waals surface area (Å²) >= 11 is 0. The van der Waals surface area contributed by atoms with Gasteiger partial charge in [-0.2, -0.15) is 0 Å². The summed E-state index contributed by atoms with van der Waals surface area (Å²) in [7, 11) is 3.18. The average molecular weight is 191 g/mol. The van der Waals surface area contributed by atoms with Crippen LogP contribution in [0.25, 0.3) is 11.0 Å². The molecular formula is C9H9N3O2. The lowest BCUT2D eigenvalue weighted by atomic mass is 10.2. The van der Waals surface area contributed by atoms with Crippen molar-refractivity contribution in [2.45, 2.75) is 0 Å². The highest BCUT2D eigenvalue weighted by Gasteiger charge is 2.13.